The van der Waals surface area contributed by atoms with Gasteiger partial charge in [0.15, 0.2) is 5.41 Å². The molecule has 1 atom stereocenters. The van der Waals surface area contributed by atoms with Crippen LogP contribution in [0.1, 0.15) is 36.1 Å². The van der Waals surface area contributed by atoms with Gasteiger partial charge in [-0.15, -0.1) is 0 Å². The molecule has 0 saturated heterocycles. The third-order valence-corrected chi connectivity index (χ3v) is 5.24. The number of hydrogen-bond acceptors (Lipinski definition) is 4. The summed E-state index contributed by atoms with van der Waals surface area (Å²) in [6.07, 6.45) is 0.802. The molecule has 8 heteroatoms. The SMILES string of the molecule is CCc1ccc(CN2C(=O)C(C)(C(=O)O)C(C(=O)O)=C2C(=O)O)c(C)c1C. The minimum absolute atomic E-state index is 0.225. The van der Waals surface area contributed by atoms with Crippen LogP contribution in [-0.4, -0.2) is 44.0 Å². The van der Waals surface area contributed by atoms with Crippen molar-refractivity contribution in [1.82, 2.24) is 4.90 Å². The normalized spacial score (nSPS) is 19.6. The molecule has 0 saturated carbocycles. The van der Waals surface area contributed by atoms with Gasteiger partial charge in [-0.25, -0.2) is 9.59 Å². The Balaban J connectivity index is 2.65. The lowest BCUT2D eigenvalue weighted by Crippen LogP contribution is -2.42. The predicted octanol–water partition coefficient (Wildman–Crippen LogP) is 1.72. The Labute approximate surface area is 155 Å². The number of benzene rings is 1. The topological polar surface area (TPSA) is 132 Å². The van der Waals surface area contributed by atoms with E-state index in [2.05, 4.69) is 0 Å². The van der Waals surface area contributed by atoms with Crippen LogP contribution in [0.3, 0.4) is 0 Å². The first-order valence-electron chi connectivity index (χ1n) is 8.33. The van der Waals surface area contributed by atoms with Crippen molar-refractivity contribution in [2.75, 3.05) is 0 Å². The summed E-state index contributed by atoms with van der Waals surface area (Å²) in [6.45, 7) is 6.41. The van der Waals surface area contributed by atoms with Gasteiger partial charge >= 0.3 is 17.9 Å². The minimum Gasteiger partial charge on any atom is -0.480 e. The largest absolute Gasteiger partial charge is 0.480 e. The zero-order valence-electron chi connectivity index (χ0n) is 15.5. The second-order valence-corrected chi connectivity index (χ2v) is 6.64. The van der Waals surface area contributed by atoms with Crippen LogP contribution in [0.25, 0.3) is 0 Å². The summed E-state index contributed by atoms with van der Waals surface area (Å²) in [5, 5.41) is 28.4. The first-order chi connectivity index (χ1) is 12.5. The maximum Gasteiger partial charge on any atom is 0.353 e. The molecule has 8 nitrogen and oxygen atoms in total. The molecular weight excluding hydrogens is 354 g/mol. The molecule has 0 bridgehead atoms. The Kier molecular flexibility index (Phi) is 5.12. The van der Waals surface area contributed by atoms with Gasteiger partial charge in [-0.05, 0) is 49.4 Å². The van der Waals surface area contributed by atoms with Gasteiger partial charge in [-0.3, -0.25) is 14.5 Å². The van der Waals surface area contributed by atoms with Crippen LogP contribution in [0.2, 0.25) is 0 Å². The molecule has 0 radical (unpaired) electrons. The van der Waals surface area contributed by atoms with Crippen molar-refractivity contribution in [2.45, 2.75) is 40.7 Å². The van der Waals surface area contributed by atoms with E-state index in [1.54, 1.807) is 6.07 Å². The molecule has 3 N–H and O–H groups in total. The summed E-state index contributed by atoms with van der Waals surface area (Å²) in [4.78, 5) is 48.6. The summed E-state index contributed by atoms with van der Waals surface area (Å²) in [6, 6.07) is 3.60. The van der Waals surface area contributed by atoms with E-state index in [9.17, 15) is 34.5 Å². The van der Waals surface area contributed by atoms with Crippen molar-refractivity contribution in [3.05, 3.63) is 45.7 Å². The number of carbonyl (C=O) groups excluding carboxylic acids is 1. The number of carbonyl (C=O) groups is 4. The van der Waals surface area contributed by atoms with Crippen molar-refractivity contribution in [1.29, 1.82) is 0 Å². The van der Waals surface area contributed by atoms with Crippen LogP contribution in [-0.2, 0) is 32.1 Å². The molecule has 0 spiro atoms. The van der Waals surface area contributed by atoms with Crippen LogP contribution < -0.4 is 0 Å². The molecule has 0 aliphatic carbocycles. The zero-order chi connectivity index (χ0) is 20.7. The number of amides is 1. The molecule has 2 rings (SSSR count). The number of nitrogens with zero attached hydrogens (tertiary/aromatic N) is 1. The quantitative estimate of drug-likeness (QED) is 0.645. The standard InChI is InChI=1S/C19H21NO7/c1-5-11-6-7-12(10(3)9(11)2)8-20-14(16(23)24)13(15(21)22)19(4,17(20)25)18(26)27/h6-7H,5,8H2,1-4H3,(H,21,22)(H,23,24)(H,26,27). The molecule has 144 valence electrons. The fourth-order valence-electron chi connectivity index (χ4n) is 3.39. The first kappa shape index (κ1) is 20.2. The van der Waals surface area contributed by atoms with Gasteiger partial charge in [0.1, 0.15) is 5.70 Å². The van der Waals surface area contributed by atoms with Crippen LogP contribution in [0.15, 0.2) is 23.4 Å². The Morgan fingerprint density at radius 3 is 1.96 bits per heavy atom. The Hall–Kier alpha value is -3.16. The highest BCUT2D eigenvalue weighted by Crippen LogP contribution is 2.42. The molecule has 1 aliphatic rings. The average molecular weight is 375 g/mol. The van der Waals surface area contributed by atoms with E-state index in [1.807, 2.05) is 26.8 Å². The lowest BCUT2D eigenvalue weighted by atomic mass is 9.83. The smallest absolute Gasteiger partial charge is 0.353 e. The van der Waals surface area contributed by atoms with Crippen LogP contribution in [0.5, 0.6) is 0 Å². The number of carboxylic acids is 3. The lowest BCUT2D eigenvalue weighted by molar-refractivity contribution is -0.156. The van der Waals surface area contributed by atoms with Gasteiger partial charge in [0.25, 0.3) is 0 Å². The summed E-state index contributed by atoms with van der Waals surface area (Å²) in [5.41, 5.74) is -0.669. The second kappa shape index (κ2) is 6.86. The number of hydrogen-bond donors (Lipinski definition) is 3. The number of aliphatic carboxylic acids is 3. The first-order valence-corrected chi connectivity index (χ1v) is 8.33. The summed E-state index contributed by atoms with van der Waals surface area (Å²) >= 11 is 0. The highest BCUT2D eigenvalue weighted by Gasteiger charge is 2.59. The fraction of sp³-hybridized carbons (Fsp3) is 0.368. The highest BCUT2D eigenvalue weighted by atomic mass is 16.4. The van der Waals surface area contributed by atoms with Gasteiger partial charge in [0, 0.05) is 0 Å². The van der Waals surface area contributed by atoms with Crippen LogP contribution in [0, 0.1) is 19.3 Å². The van der Waals surface area contributed by atoms with Gasteiger partial charge in [0.05, 0.1) is 12.1 Å². The fourth-order valence-corrected chi connectivity index (χ4v) is 3.39. The number of aryl methyl sites for hydroxylation is 1. The van der Waals surface area contributed by atoms with E-state index in [0.717, 1.165) is 34.9 Å². The molecule has 1 unspecified atom stereocenters. The Morgan fingerprint density at radius 2 is 1.52 bits per heavy atom. The van der Waals surface area contributed by atoms with E-state index in [-0.39, 0.29) is 6.54 Å². The Bertz CT molecular complexity index is 900. The van der Waals surface area contributed by atoms with E-state index in [4.69, 9.17) is 0 Å². The molecular formula is C19H21NO7. The van der Waals surface area contributed by atoms with Crippen LogP contribution in [0.4, 0.5) is 0 Å². The minimum atomic E-state index is -2.47. The van der Waals surface area contributed by atoms with Gasteiger partial charge in [0.2, 0.25) is 5.91 Å². The van der Waals surface area contributed by atoms with Crippen molar-refractivity contribution in [3.63, 3.8) is 0 Å². The van der Waals surface area contributed by atoms with Crippen molar-refractivity contribution in [2.24, 2.45) is 5.41 Å². The third-order valence-electron chi connectivity index (χ3n) is 5.24. The van der Waals surface area contributed by atoms with E-state index >= 15 is 0 Å². The van der Waals surface area contributed by atoms with Crippen molar-refractivity contribution >= 4 is 23.8 Å². The van der Waals surface area contributed by atoms with Gasteiger partial charge in [-0.1, -0.05) is 19.1 Å². The average Bonchev–Trinajstić information content (AvgIpc) is 2.82. The maximum absolute atomic E-state index is 12.8. The summed E-state index contributed by atoms with van der Waals surface area (Å²) in [7, 11) is 0. The molecule has 1 heterocycles. The van der Waals surface area contributed by atoms with Crippen LogP contribution >= 0.6 is 0 Å². The van der Waals surface area contributed by atoms with Crippen molar-refractivity contribution < 1.29 is 34.5 Å². The highest BCUT2D eigenvalue weighted by molar-refractivity contribution is 6.19. The van der Waals surface area contributed by atoms with E-state index in [1.165, 1.54) is 0 Å². The summed E-state index contributed by atoms with van der Waals surface area (Å²) < 4.78 is 0. The molecule has 1 aromatic rings. The molecule has 1 amide bonds. The number of rotatable bonds is 6. The van der Waals surface area contributed by atoms with Gasteiger partial charge in [-0.2, -0.15) is 0 Å². The maximum atomic E-state index is 12.8. The third kappa shape index (κ3) is 2.97. The molecule has 0 fully saturated rings. The van der Waals surface area contributed by atoms with E-state index in [0.29, 0.717) is 5.56 Å². The monoisotopic (exact) mass is 375 g/mol. The molecule has 27 heavy (non-hydrogen) atoms. The zero-order valence-corrected chi connectivity index (χ0v) is 15.5. The Morgan fingerprint density at radius 1 is 1.00 bits per heavy atom. The predicted molar refractivity (Wildman–Crippen MR) is 93.9 cm³/mol. The second-order valence-electron chi connectivity index (χ2n) is 6.64. The van der Waals surface area contributed by atoms with E-state index < -0.39 is 40.5 Å². The molecule has 1 aromatic carbocycles. The number of carboxylic acid groups (broad SMARTS) is 3. The van der Waals surface area contributed by atoms with Crippen molar-refractivity contribution in [3.8, 4) is 0 Å². The summed E-state index contributed by atoms with van der Waals surface area (Å²) in [5.74, 6) is -6.20. The van der Waals surface area contributed by atoms with Gasteiger partial charge < -0.3 is 15.3 Å². The lowest BCUT2D eigenvalue weighted by Gasteiger charge is -2.23. The molecule has 0 aromatic heterocycles. The molecule has 1 aliphatic heterocycles.